The summed E-state index contributed by atoms with van der Waals surface area (Å²) >= 11 is 1.64. The summed E-state index contributed by atoms with van der Waals surface area (Å²) in [5.74, 6) is 1.28. The number of carbonyl (C=O) groups is 1. The van der Waals surface area contributed by atoms with Gasteiger partial charge in [-0.05, 0) is 6.08 Å². The molecule has 0 spiro atoms. The summed E-state index contributed by atoms with van der Waals surface area (Å²) in [5, 5.41) is 0. The predicted octanol–water partition coefficient (Wildman–Crippen LogP) is 0.517. The lowest BCUT2D eigenvalue weighted by Crippen LogP contribution is -2.26. The monoisotopic (exact) mass is 158 g/mol. The lowest BCUT2D eigenvalue weighted by atomic mass is 10.4. The van der Waals surface area contributed by atoms with Crippen molar-refractivity contribution in [2.75, 3.05) is 12.4 Å². The van der Waals surface area contributed by atoms with Crippen LogP contribution in [0.1, 0.15) is 0 Å². The molecule has 4 heteroatoms. The highest BCUT2D eigenvalue weighted by Crippen LogP contribution is 2.31. The molecule has 0 aromatic carbocycles. The van der Waals surface area contributed by atoms with E-state index in [1.54, 1.807) is 11.8 Å². The van der Waals surface area contributed by atoms with Crippen LogP contribution in [0.15, 0.2) is 11.8 Å². The van der Waals surface area contributed by atoms with Crippen LogP contribution < -0.4 is 0 Å². The van der Waals surface area contributed by atoms with Crippen LogP contribution in [0.25, 0.3) is 0 Å². The number of carbonyl (C=O) groups excluding carboxylic acids is 1. The van der Waals surface area contributed by atoms with Gasteiger partial charge in [0.2, 0.25) is 0 Å². The van der Waals surface area contributed by atoms with Crippen LogP contribution >= 0.6 is 11.8 Å². The average Bonchev–Trinajstić information content (AvgIpc) is 2.33. The summed E-state index contributed by atoms with van der Waals surface area (Å²) in [6, 6.07) is 0. The van der Waals surface area contributed by atoms with E-state index >= 15 is 0 Å². The Kier molecular flexibility index (Phi) is 1.43. The minimum atomic E-state index is -0.287. The molecule has 0 N–H and O–H groups in total. The molecule has 2 heterocycles. The van der Waals surface area contributed by atoms with E-state index in [2.05, 4.69) is 0 Å². The second-order valence-electron chi connectivity index (χ2n) is 2.06. The fourth-order valence-corrected chi connectivity index (χ4v) is 1.83. The van der Waals surface area contributed by atoms with E-state index in [4.69, 9.17) is 9.47 Å². The van der Waals surface area contributed by atoms with Crippen molar-refractivity contribution >= 4 is 17.7 Å². The molecule has 2 aliphatic rings. The Morgan fingerprint density at radius 2 is 2.60 bits per heavy atom. The first-order valence-electron chi connectivity index (χ1n) is 3.00. The molecule has 0 amide bonds. The van der Waals surface area contributed by atoms with Gasteiger partial charge in [-0.25, -0.2) is 4.79 Å². The van der Waals surface area contributed by atoms with Crippen molar-refractivity contribution in [2.45, 2.75) is 5.44 Å². The van der Waals surface area contributed by atoms with E-state index in [0.29, 0.717) is 5.76 Å². The number of hydrogen-bond acceptors (Lipinski definition) is 4. The zero-order chi connectivity index (χ0) is 6.97. The van der Waals surface area contributed by atoms with Crippen molar-refractivity contribution in [3.63, 3.8) is 0 Å². The maximum atomic E-state index is 10.6. The summed E-state index contributed by atoms with van der Waals surface area (Å²) in [7, 11) is 0. The van der Waals surface area contributed by atoms with Crippen molar-refractivity contribution in [3.8, 4) is 0 Å². The van der Waals surface area contributed by atoms with Crippen LogP contribution in [-0.4, -0.2) is 23.8 Å². The zero-order valence-electron chi connectivity index (χ0n) is 5.20. The maximum Gasteiger partial charge on any atom is 0.337 e. The highest BCUT2D eigenvalue weighted by Gasteiger charge is 2.29. The summed E-state index contributed by atoms with van der Waals surface area (Å²) in [6.07, 6.45) is 1.88. The molecule has 1 atom stereocenters. The molecule has 1 fully saturated rings. The predicted molar refractivity (Wildman–Crippen MR) is 36.4 cm³/mol. The van der Waals surface area contributed by atoms with Crippen LogP contribution in [0.4, 0.5) is 0 Å². The fraction of sp³-hybridized carbons (Fsp3) is 0.500. The third-order valence-corrected chi connectivity index (χ3v) is 2.38. The lowest BCUT2D eigenvalue weighted by molar-refractivity contribution is -0.152. The molecule has 10 heavy (non-hydrogen) atoms. The Morgan fingerprint density at radius 1 is 1.70 bits per heavy atom. The van der Waals surface area contributed by atoms with E-state index in [1.807, 2.05) is 6.08 Å². The molecule has 54 valence electrons. The minimum Gasteiger partial charge on any atom is -0.426 e. The van der Waals surface area contributed by atoms with Gasteiger partial charge in [0.15, 0.2) is 5.44 Å². The van der Waals surface area contributed by atoms with E-state index in [0.717, 1.165) is 5.75 Å². The van der Waals surface area contributed by atoms with Crippen LogP contribution in [-0.2, 0) is 14.3 Å². The van der Waals surface area contributed by atoms with Crippen molar-refractivity contribution < 1.29 is 14.3 Å². The first kappa shape index (κ1) is 6.24. The van der Waals surface area contributed by atoms with E-state index < -0.39 is 0 Å². The minimum absolute atomic E-state index is 0.0160. The number of ether oxygens (including phenoxy) is 2. The van der Waals surface area contributed by atoms with Crippen molar-refractivity contribution in [3.05, 3.63) is 11.8 Å². The first-order chi connectivity index (χ1) is 4.86. The molecule has 0 radical (unpaired) electrons. The van der Waals surface area contributed by atoms with Gasteiger partial charge in [0.1, 0.15) is 12.4 Å². The van der Waals surface area contributed by atoms with Gasteiger partial charge in [-0.15, -0.1) is 11.8 Å². The normalized spacial score (nSPS) is 31.0. The SMILES string of the molecule is O=C1COC2SCC=C2O1. The molecule has 0 aromatic heterocycles. The highest BCUT2D eigenvalue weighted by molar-refractivity contribution is 8.00. The third kappa shape index (κ3) is 0.932. The topological polar surface area (TPSA) is 35.5 Å². The van der Waals surface area contributed by atoms with Gasteiger partial charge >= 0.3 is 5.97 Å². The van der Waals surface area contributed by atoms with Crippen LogP contribution in [0.2, 0.25) is 0 Å². The summed E-state index contributed by atoms with van der Waals surface area (Å²) in [5.41, 5.74) is -0.0160. The van der Waals surface area contributed by atoms with Gasteiger partial charge < -0.3 is 9.47 Å². The molecule has 1 unspecified atom stereocenters. The Bertz CT molecular complexity index is 199. The Balaban J connectivity index is 2.14. The molecule has 2 aliphatic heterocycles. The quantitative estimate of drug-likeness (QED) is 0.481. The molecule has 0 aliphatic carbocycles. The second kappa shape index (κ2) is 2.29. The van der Waals surface area contributed by atoms with Crippen molar-refractivity contribution in [1.29, 1.82) is 0 Å². The first-order valence-corrected chi connectivity index (χ1v) is 4.05. The Morgan fingerprint density at radius 3 is 3.50 bits per heavy atom. The third-order valence-electron chi connectivity index (χ3n) is 1.35. The number of hydrogen-bond donors (Lipinski definition) is 0. The maximum absolute atomic E-state index is 10.6. The van der Waals surface area contributed by atoms with Gasteiger partial charge in [0.05, 0.1) is 0 Å². The molecule has 1 saturated heterocycles. The second-order valence-corrected chi connectivity index (χ2v) is 3.15. The Labute approximate surface area is 62.4 Å². The molecule has 0 saturated carbocycles. The molecular formula is C6H6O3S. The molecule has 0 bridgehead atoms. The van der Waals surface area contributed by atoms with Crippen molar-refractivity contribution in [1.82, 2.24) is 0 Å². The van der Waals surface area contributed by atoms with Gasteiger partial charge in [-0.2, -0.15) is 0 Å². The highest BCUT2D eigenvalue weighted by atomic mass is 32.2. The van der Waals surface area contributed by atoms with Gasteiger partial charge in [-0.1, -0.05) is 0 Å². The number of esters is 1. The molecule has 2 rings (SSSR count). The van der Waals surface area contributed by atoms with Crippen LogP contribution in [0.5, 0.6) is 0 Å². The van der Waals surface area contributed by atoms with Crippen LogP contribution in [0.3, 0.4) is 0 Å². The molecular weight excluding hydrogens is 152 g/mol. The van der Waals surface area contributed by atoms with E-state index in [9.17, 15) is 4.79 Å². The average molecular weight is 158 g/mol. The van der Waals surface area contributed by atoms with E-state index in [1.165, 1.54) is 0 Å². The van der Waals surface area contributed by atoms with E-state index in [-0.39, 0.29) is 18.0 Å². The largest absolute Gasteiger partial charge is 0.426 e. The Hall–Kier alpha value is -0.480. The summed E-state index contributed by atoms with van der Waals surface area (Å²) < 4.78 is 10.0. The summed E-state index contributed by atoms with van der Waals surface area (Å²) in [4.78, 5) is 10.6. The summed E-state index contributed by atoms with van der Waals surface area (Å²) in [6.45, 7) is 0.0923. The molecule has 3 nitrogen and oxygen atoms in total. The number of thioether (sulfide) groups is 1. The fourth-order valence-electron chi connectivity index (χ4n) is 0.921. The van der Waals surface area contributed by atoms with Crippen LogP contribution in [0, 0.1) is 0 Å². The van der Waals surface area contributed by atoms with Crippen molar-refractivity contribution in [2.24, 2.45) is 0 Å². The molecule has 0 aromatic rings. The standard InChI is InChI=1S/C6H6O3S/c7-5-3-8-6-4(9-5)1-2-10-6/h1,6H,2-3H2. The van der Waals surface area contributed by atoms with Gasteiger partial charge in [-0.3, -0.25) is 0 Å². The zero-order valence-corrected chi connectivity index (χ0v) is 6.02. The van der Waals surface area contributed by atoms with Gasteiger partial charge in [0, 0.05) is 5.75 Å². The smallest absolute Gasteiger partial charge is 0.337 e. The van der Waals surface area contributed by atoms with Gasteiger partial charge in [0.25, 0.3) is 0 Å². The number of fused-ring (bicyclic) bond motifs is 1. The number of rotatable bonds is 0. The lowest BCUT2D eigenvalue weighted by Gasteiger charge is -2.19.